The second-order valence-corrected chi connectivity index (χ2v) is 7.91. The van der Waals surface area contributed by atoms with Gasteiger partial charge in [-0.2, -0.15) is 0 Å². The fraction of sp³-hybridized carbons (Fsp3) is 0.0500. The Morgan fingerprint density at radius 3 is 2.71 bits per heavy atom. The molecule has 0 spiro atoms. The summed E-state index contributed by atoms with van der Waals surface area (Å²) < 4.78 is 0. The van der Waals surface area contributed by atoms with Crippen LogP contribution in [0.25, 0.3) is 10.6 Å². The average Bonchev–Trinajstić information content (AvgIpc) is 3.29. The zero-order valence-electron chi connectivity index (χ0n) is 14.5. The molecular formula is C20H15N3O3S2. The van der Waals surface area contributed by atoms with Crippen molar-refractivity contribution < 1.29 is 10.2 Å². The molecule has 0 aliphatic heterocycles. The summed E-state index contributed by atoms with van der Waals surface area (Å²) in [6, 6.07) is 14.9. The Hall–Kier alpha value is -3.23. The molecule has 0 bridgehead atoms. The molecule has 0 fully saturated rings. The van der Waals surface area contributed by atoms with Crippen molar-refractivity contribution in [2.45, 2.75) is 6.42 Å². The molecular weight excluding hydrogens is 394 g/mol. The fourth-order valence-electron chi connectivity index (χ4n) is 2.63. The number of H-pyrrole nitrogens is 1. The lowest BCUT2D eigenvalue weighted by Crippen LogP contribution is -1.89. The molecule has 28 heavy (non-hydrogen) atoms. The summed E-state index contributed by atoms with van der Waals surface area (Å²) in [4.78, 5) is 22.8. The van der Waals surface area contributed by atoms with Crippen LogP contribution in [-0.4, -0.2) is 26.4 Å². The topological polar surface area (TPSA) is 98.6 Å². The molecule has 0 unspecified atom stereocenters. The van der Waals surface area contributed by atoms with Crippen molar-refractivity contribution in [2.24, 2.45) is 4.99 Å². The zero-order chi connectivity index (χ0) is 19.5. The second-order valence-electron chi connectivity index (χ2n) is 5.99. The number of hydrogen-bond donors (Lipinski definition) is 3. The third kappa shape index (κ3) is 4.03. The first-order valence-corrected chi connectivity index (χ1v) is 10.1. The quantitative estimate of drug-likeness (QED) is 0.428. The number of rotatable bonds is 5. The fourth-order valence-corrected chi connectivity index (χ4v) is 4.17. The van der Waals surface area contributed by atoms with Crippen molar-refractivity contribution >= 4 is 34.6 Å². The number of aromatic hydroxyl groups is 2. The summed E-state index contributed by atoms with van der Waals surface area (Å²) in [6.45, 7) is 0. The summed E-state index contributed by atoms with van der Waals surface area (Å²) in [5.74, 6) is -0.0750. The van der Waals surface area contributed by atoms with Crippen LogP contribution in [0.1, 0.15) is 16.1 Å². The maximum atomic E-state index is 11.3. The van der Waals surface area contributed by atoms with Crippen molar-refractivity contribution in [3.8, 4) is 22.2 Å². The number of nitrogens with zero attached hydrogens (tertiary/aromatic N) is 2. The number of benzene rings is 2. The smallest absolute Gasteiger partial charge is 0.307 e. The number of hydrogen-bond acceptors (Lipinski definition) is 7. The van der Waals surface area contributed by atoms with Crippen molar-refractivity contribution in [2.75, 3.05) is 0 Å². The number of phenols is 1. The summed E-state index contributed by atoms with van der Waals surface area (Å²) >= 11 is 2.49. The molecule has 0 radical (unpaired) electrons. The van der Waals surface area contributed by atoms with E-state index in [-0.39, 0.29) is 16.5 Å². The van der Waals surface area contributed by atoms with E-state index >= 15 is 0 Å². The van der Waals surface area contributed by atoms with E-state index in [1.165, 1.54) is 11.3 Å². The number of nitrogens with one attached hydrogen (secondary N) is 1. The van der Waals surface area contributed by atoms with Gasteiger partial charge in [0.1, 0.15) is 16.4 Å². The zero-order valence-corrected chi connectivity index (χ0v) is 16.1. The molecule has 4 aromatic rings. The number of thiazole rings is 2. The predicted molar refractivity (Wildman–Crippen MR) is 112 cm³/mol. The van der Waals surface area contributed by atoms with Crippen LogP contribution in [0.4, 0.5) is 5.69 Å². The van der Waals surface area contributed by atoms with Crippen LogP contribution in [0.2, 0.25) is 0 Å². The molecule has 0 saturated heterocycles. The molecule has 8 heteroatoms. The molecule has 6 nitrogen and oxygen atoms in total. The second kappa shape index (κ2) is 7.79. The van der Waals surface area contributed by atoms with E-state index in [1.807, 2.05) is 35.7 Å². The van der Waals surface area contributed by atoms with Gasteiger partial charge in [-0.3, -0.25) is 14.8 Å². The molecule has 2 aromatic heterocycles. The Balaban J connectivity index is 1.55. The van der Waals surface area contributed by atoms with Crippen molar-refractivity contribution in [3.05, 3.63) is 79.7 Å². The van der Waals surface area contributed by atoms with Crippen LogP contribution in [0, 0.1) is 0 Å². The van der Waals surface area contributed by atoms with Gasteiger partial charge in [0.15, 0.2) is 0 Å². The average molecular weight is 409 g/mol. The Bertz CT molecular complexity index is 1190. The Morgan fingerprint density at radius 2 is 1.96 bits per heavy atom. The summed E-state index contributed by atoms with van der Waals surface area (Å²) in [6.07, 6.45) is 1.97. The first kappa shape index (κ1) is 18.1. The summed E-state index contributed by atoms with van der Waals surface area (Å²) in [5.41, 5.74) is 2.96. The van der Waals surface area contributed by atoms with Gasteiger partial charge in [0.2, 0.25) is 5.88 Å². The standard InChI is InChI=1S/C20H15N3O3S2/c24-16-7-6-12(9-17-18(25)23-20(26)28-17)8-15(16)21-10-14-11-27-19(22-14)13-4-2-1-3-5-13/h1-8,10-11,24-25H,9H2,(H,23,26). The highest BCUT2D eigenvalue weighted by Gasteiger charge is 2.09. The Labute approximate surface area is 168 Å². The number of aromatic nitrogens is 2. The molecule has 0 saturated carbocycles. The normalized spacial score (nSPS) is 11.3. The van der Waals surface area contributed by atoms with Gasteiger partial charge in [0, 0.05) is 17.4 Å². The van der Waals surface area contributed by atoms with E-state index in [0.29, 0.717) is 22.7 Å². The van der Waals surface area contributed by atoms with Gasteiger partial charge in [0.05, 0.1) is 16.8 Å². The highest BCUT2D eigenvalue weighted by atomic mass is 32.1. The van der Waals surface area contributed by atoms with Gasteiger partial charge in [-0.15, -0.1) is 11.3 Å². The lowest BCUT2D eigenvalue weighted by atomic mass is 10.1. The van der Waals surface area contributed by atoms with Crippen LogP contribution in [-0.2, 0) is 6.42 Å². The third-order valence-corrected chi connectivity index (χ3v) is 5.76. The van der Waals surface area contributed by atoms with Gasteiger partial charge >= 0.3 is 4.87 Å². The highest BCUT2D eigenvalue weighted by Crippen LogP contribution is 2.30. The maximum absolute atomic E-state index is 11.3. The third-order valence-electron chi connectivity index (χ3n) is 3.98. The number of aromatic amines is 1. The van der Waals surface area contributed by atoms with Gasteiger partial charge in [-0.05, 0) is 17.7 Å². The predicted octanol–water partition coefficient (Wildman–Crippen LogP) is 4.31. The summed E-state index contributed by atoms with van der Waals surface area (Å²) in [7, 11) is 0. The van der Waals surface area contributed by atoms with E-state index < -0.39 is 0 Å². The molecule has 0 atom stereocenters. The van der Waals surface area contributed by atoms with Crippen LogP contribution in [0.15, 0.2) is 63.7 Å². The van der Waals surface area contributed by atoms with Gasteiger partial charge < -0.3 is 10.2 Å². The van der Waals surface area contributed by atoms with E-state index in [2.05, 4.69) is 15.0 Å². The minimum atomic E-state index is -0.303. The number of phenolic OH excluding ortho intramolecular Hbond substituents is 1. The van der Waals surface area contributed by atoms with Gasteiger partial charge in [-0.1, -0.05) is 47.7 Å². The Morgan fingerprint density at radius 1 is 1.14 bits per heavy atom. The Kier molecular flexibility index (Phi) is 5.05. The van der Waals surface area contributed by atoms with Crippen LogP contribution in [0.5, 0.6) is 11.6 Å². The highest BCUT2D eigenvalue weighted by molar-refractivity contribution is 7.13. The van der Waals surface area contributed by atoms with Crippen LogP contribution >= 0.6 is 22.7 Å². The van der Waals surface area contributed by atoms with E-state index in [4.69, 9.17) is 0 Å². The SMILES string of the molecule is O=c1[nH]c(O)c(Cc2ccc(O)c(N=Cc3csc(-c4ccccc4)n3)c2)s1. The van der Waals surface area contributed by atoms with E-state index in [9.17, 15) is 15.0 Å². The molecule has 4 rings (SSSR count). The molecule has 0 amide bonds. The van der Waals surface area contributed by atoms with E-state index in [1.54, 1.807) is 24.4 Å². The van der Waals surface area contributed by atoms with Gasteiger partial charge in [0.25, 0.3) is 0 Å². The first-order valence-electron chi connectivity index (χ1n) is 8.36. The van der Waals surface area contributed by atoms with Gasteiger partial charge in [-0.25, -0.2) is 4.98 Å². The lowest BCUT2D eigenvalue weighted by Gasteiger charge is -2.03. The maximum Gasteiger partial charge on any atom is 0.307 e. The summed E-state index contributed by atoms with van der Waals surface area (Å²) in [5, 5.41) is 22.6. The van der Waals surface area contributed by atoms with Crippen LogP contribution in [0.3, 0.4) is 0 Å². The van der Waals surface area contributed by atoms with E-state index in [0.717, 1.165) is 27.5 Å². The molecule has 2 heterocycles. The monoisotopic (exact) mass is 409 g/mol. The van der Waals surface area contributed by atoms with Crippen molar-refractivity contribution in [1.82, 2.24) is 9.97 Å². The largest absolute Gasteiger partial charge is 0.506 e. The van der Waals surface area contributed by atoms with Crippen molar-refractivity contribution in [3.63, 3.8) is 0 Å². The molecule has 2 aromatic carbocycles. The minimum absolute atomic E-state index is 0.0463. The molecule has 0 aliphatic rings. The number of aliphatic imine (C=N–C) groups is 1. The minimum Gasteiger partial charge on any atom is -0.506 e. The molecule has 140 valence electrons. The lowest BCUT2D eigenvalue weighted by molar-refractivity contribution is 0.451. The molecule has 3 N–H and O–H groups in total. The molecule has 0 aliphatic carbocycles. The van der Waals surface area contributed by atoms with Crippen LogP contribution < -0.4 is 4.87 Å². The first-order chi connectivity index (χ1) is 13.6. The van der Waals surface area contributed by atoms with Crippen molar-refractivity contribution in [1.29, 1.82) is 0 Å².